The fraction of sp³-hybridized carbons (Fsp3) is 0.368. The van der Waals surface area contributed by atoms with Gasteiger partial charge in [0, 0.05) is 12.6 Å². The van der Waals surface area contributed by atoms with Gasteiger partial charge in [-0.3, -0.25) is 4.90 Å². The largest absolute Gasteiger partial charge is 0.296 e. The second-order valence-electron chi connectivity index (χ2n) is 5.80. The van der Waals surface area contributed by atoms with Crippen molar-refractivity contribution in [1.29, 1.82) is 0 Å². The molecule has 0 aromatic heterocycles. The van der Waals surface area contributed by atoms with Crippen LogP contribution in [0.5, 0.6) is 0 Å². The van der Waals surface area contributed by atoms with Gasteiger partial charge in [-0.25, -0.2) is 0 Å². The normalized spacial score (nSPS) is 19.9. The zero-order valence-electron chi connectivity index (χ0n) is 12.0. The van der Waals surface area contributed by atoms with E-state index in [-0.39, 0.29) is 0 Å². The summed E-state index contributed by atoms with van der Waals surface area (Å²) in [6.45, 7) is 2.34. The molecule has 2 aromatic carbocycles. The number of likely N-dealkylation sites (tertiary alicyclic amines) is 1. The molecule has 1 atom stereocenters. The lowest BCUT2D eigenvalue weighted by Gasteiger charge is -2.36. The molecule has 1 saturated heterocycles. The molecule has 104 valence electrons. The molecule has 0 spiro atoms. The van der Waals surface area contributed by atoms with Crippen molar-refractivity contribution in [3.05, 3.63) is 71.8 Å². The van der Waals surface area contributed by atoms with Gasteiger partial charge in [-0.1, -0.05) is 67.1 Å². The topological polar surface area (TPSA) is 3.24 Å². The van der Waals surface area contributed by atoms with E-state index >= 15 is 0 Å². The molecule has 1 heterocycles. The summed E-state index contributed by atoms with van der Waals surface area (Å²) in [6.07, 6.45) is 5.25. The first kappa shape index (κ1) is 13.4. The van der Waals surface area contributed by atoms with Crippen LogP contribution in [0, 0.1) is 0 Å². The van der Waals surface area contributed by atoms with E-state index in [1.807, 2.05) is 0 Å². The van der Waals surface area contributed by atoms with E-state index in [4.69, 9.17) is 0 Å². The lowest BCUT2D eigenvalue weighted by Crippen LogP contribution is -2.40. The molecule has 20 heavy (non-hydrogen) atoms. The molecule has 1 aliphatic heterocycles. The van der Waals surface area contributed by atoms with Crippen LogP contribution < -0.4 is 0 Å². The van der Waals surface area contributed by atoms with Crippen LogP contribution in [0.1, 0.15) is 30.4 Å². The summed E-state index contributed by atoms with van der Waals surface area (Å²) in [6, 6.07) is 22.5. The fourth-order valence-electron chi connectivity index (χ4n) is 3.20. The number of nitrogens with zero attached hydrogens (tertiary/aromatic N) is 1. The third-order valence-electron chi connectivity index (χ3n) is 4.29. The fourth-order valence-corrected chi connectivity index (χ4v) is 3.20. The second kappa shape index (κ2) is 6.71. The van der Waals surface area contributed by atoms with Gasteiger partial charge in [0.25, 0.3) is 0 Å². The van der Waals surface area contributed by atoms with Crippen LogP contribution in [-0.2, 0) is 13.0 Å². The highest BCUT2D eigenvalue weighted by Gasteiger charge is 2.22. The van der Waals surface area contributed by atoms with E-state index in [1.54, 1.807) is 0 Å². The monoisotopic (exact) mass is 265 g/mol. The maximum absolute atomic E-state index is 2.67. The Morgan fingerprint density at radius 2 is 1.45 bits per heavy atom. The molecule has 2 aromatic rings. The molecule has 0 aliphatic carbocycles. The van der Waals surface area contributed by atoms with E-state index in [1.165, 1.54) is 43.4 Å². The first-order valence-corrected chi connectivity index (χ1v) is 7.74. The average molecular weight is 265 g/mol. The second-order valence-corrected chi connectivity index (χ2v) is 5.80. The van der Waals surface area contributed by atoms with E-state index in [2.05, 4.69) is 65.6 Å². The first-order chi connectivity index (χ1) is 9.92. The highest BCUT2D eigenvalue weighted by atomic mass is 15.2. The van der Waals surface area contributed by atoms with E-state index in [9.17, 15) is 0 Å². The number of piperidine rings is 1. The minimum Gasteiger partial charge on any atom is -0.296 e. The van der Waals surface area contributed by atoms with Gasteiger partial charge in [-0.2, -0.15) is 0 Å². The molecule has 1 nitrogen and oxygen atoms in total. The smallest absolute Gasteiger partial charge is 0.0236 e. The van der Waals surface area contributed by atoms with Crippen molar-refractivity contribution in [3.63, 3.8) is 0 Å². The third-order valence-corrected chi connectivity index (χ3v) is 4.29. The van der Waals surface area contributed by atoms with Crippen molar-refractivity contribution in [2.75, 3.05) is 6.54 Å². The van der Waals surface area contributed by atoms with Crippen molar-refractivity contribution >= 4 is 0 Å². The van der Waals surface area contributed by atoms with Crippen molar-refractivity contribution in [2.45, 2.75) is 38.3 Å². The Balaban J connectivity index is 1.68. The maximum atomic E-state index is 2.67. The summed E-state index contributed by atoms with van der Waals surface area (Å²) in [7, 11) is 0. The standard InChI is InChI=1S/C19H23N/c1-3-9-17(10-4-1)15-19-13-7-8-14-20(19)16-18-11-5-2-6-12-18/h1-6,9-12,19H,7-8,13-16H2/t19-/m1/s1. The summed E-state index contributed by atoms with van der Waals surface area (Å²) in [5, 5.41) is 0. The Bertz CT molecular complexity index is 456. The molecule has 0 unspecified atom stereocenters. The van der Waals surface area contributed by atoms with Gasteiger partial charge in [0.05, 0.1) is 0 Å². The maximum Gasteiger partial charge on any atom is 0.0236 e. The van der Waals surface area contributed by atoms with Crippen LogP contribution in [0.3, 0.4) is 0 Å². The van der Waals surface area contributed by atoms with E-state index < -0.39 is 0 Å². The molecule has 1 heteroatoms. The molecule has 0 amide bonds. The number of hydrogen-bond donors (Lipinski definition) is 0. The van der Waals surface area contributed by atoms with Crippen LogP contribution >= 0.6 is 0 Å². The summed E-state index contributed by atoms with van der Waals surface area (Å²) >= 11 is 0. The van der Waals surface area contributed by atoms with Crippen LogP contribution in [0.15, 0.2) is 60.7 Å². The third kappa shape index (κ3) is 3.49. The lowest BCUT2D eigenvalue weighted by atomic mass is 9.95. The zero-order chi connectivity index (χ0) is 13.6. The van der Waals surface area contributed by atoms with Crippen LogP contribution in [0.2, 0.25) is 0 Å². The van der Waals surface area contributed by atoms with Gasteiger partial charge < -0.3 is 0 Å². The molecule has 0 saturated carbocycles. The quantitative estimate of drug-likeness (QED) is 0.797. The molecule has 1 fully saturated rings. The Morgan fingerprint density at radius 3 is 2.15 bits per heavy atom. The van der Waals surface area contributed by atoms with E-state index in [0.29, 0.717) is 6.04 Å². The average Bonchev–Trinajstić information content (AvgIpc) is 2.51. The van der Waals surface area contributed by atoms with Crippen molar-refractivity contribution < 1.29 is 0 Å². The Hall–Kier alpha value is -1.60. The number of hydrogen-bond acceptors (Lipinski definition) is 1. The Labute approximate surface area is 122 Å². The molecule has 1 aliphatic rings. The van der Waals surface area contributed by atoms with Crippen molar-refractivity contribution in [1.82, 2.24) is 4.90 Å². The van der Waals surface area contributed by atoms with Gasteiger partial charge in [0.1, 0.15) is 0 Å². The van der Waals surface area contributed by atoms with Crippen LogP contribution in [0.25, 0.3) is 0 Å². The first-order valence-electron chi connectivity index (χ1n) is 7.74. The van der Waals surface area contributed by atoms with Crippen LogP contribution in [0.4, 0.5) is 0 Å². The van der Waals surface area contributed by atoms with Gasteiger partial charge in [-0.15, -0.1) is 0 Å². The highest BCUT2D eigenvalue weighted by Crippen LogP contribution is 2.22. The Morgan fingerprint density at radius 1 is 0.800 bits per heavy atom. The SMILES string of the molecule is c1ccc(C[C@H]2CCCCN2Cc2ccccc2)cc1. The summed E-state index contributed by atoms with van der Waals surface area (Å²) < 4.78 is 0. The van der Waals surface area contributed by atoms with Gasteiger partial charge in [-0.05, 0) is 36.9 Å². The number of rotatable bonds is 4. The zero-order valence-corrected chi connectivity index (χ0v) is 12.0. The molecule has 0 radical (unpaired) electrons. The Kier molecular flexibility index (Phi) is 4.49. The van der Waals surface area contributed by atoms with Gasteiger partial charge in [0.15, 0.2) is 0 Å². The van der Waals surface area contributed by atoms with Crippen LogP contribution in [-0.4, -0.2) is 17.5 Å². The lowest BCUT2D eigenvalue weighted by molar-refractivity contribution is 0.139. The molecular formula is C19H23N. The molecule has 3 rings (SSSR count). The van der Waals surface area contributed by atoms with Gasteiger partial charge in [0.2, 0.25) is 0 Å². The minimum atomic E-state index is 0.700. The summed E-state index contributed by atoms with van der Waals surface area (Å²) in [5.74, 6) is 0. The minimum absolute atomic E-state index is 0.700. The van der Waals surface area contributed by atoms with E-state index in [0.717, 1.165) is 6.54 Å². The number of benzene rings is 2. The highest BCUT2D eigenvalue weighted by molar-refractivity contribution is 5.17. The van der Waals surface area contributed by atoms with Crippen molar-refractivity contribution in [3.8, 4) is 0 Å². The van der Waals surface area contributed by atoms with Crippen molar-refractivity contribution in [2.24, 2.45) is 0 Å². The van der Waals surface area contributed by atoms with Gasteiger partial charge >= 0.3 is 0 Å². The predicted molar refractivity (Wildman–Crippen MR) is 84.6 cm³/mol. The molecule has 0 N–H and O–H groups in total. The molecule has 0 bridgehead atoms. The molecular weight excluding hydrogens is 242 g/mol. The summed E-state index contributed by atoms with van der Waals surface area (Å²) in [5.41, 5.74) is 2.91. The predicted octanol–water partition coefficient (Wildman–Crippen LogP) is 4.28. The summed E-state index contributed by atoms with van der Waals surface area (Å²) in [4.78, 5) is 2.67.